The van der Waals surface area contributed by atoms with Crippen molar-refractivity contribution in [1.29, 1.82) is 0 Å². The van der Waals surface area contributed by atoms with Gasteiger partial charge in [-0.1, -0.05) is 35.9 Å². The van der Waals surface area contributed by atoms with E-state index in [0.717, 1.165) is 0 Å². The summed E-state index contributed by atoms with van der Waals surface area (Å²) in [6.45, 7) is 0. The van der Waals surface area contributed by atoms with Crippen molar-refractivity contribution >= 4 is 61.2 Å². The minimum Gasteiger partial charge on any atom is -0.114 e. The lowest BCUT2D eigenvalue weighted by atomic mass is 10.2. The first-order chi connectivity index (χ1) is 3.93. The second kappa shape index (κ2) is 10.9. The van der Waals surface area contributed by atoms with Gasteiger partial charge in [0.1, 0.15) is 0 Å². The van der Waals surface area contributed by atoms with E-state index in [1.54, 1.807) is 0 Å². The van der Waals surface area contributed by atoms with Gasteiger partial charge in [-0.25, -0.2) is 0 Å². The molecule has 0 bridgehead atoms. The highest BCUT2D eigenvalue weighted by atomic mass is 79.9. The highest BCUT2D eigenvalue weighted by molar-refractivity contribution is 8.93. The maximum absolute atomic E-state index is 2.17. The van der Waals surface area contributed by atoms with Gasteiger partial charge in [0.15, 0.2) is 0 Å². The molecule has 0 N–H and O–H groups in total. The molecule has 0 heterocycles. The summed E-state index contributed by atoms with van der Waals surface area (Å²) < 4.78 is 0. The van der Waals surface area contributed by atoms with Gasteiger partial charge in [0.25, 0.3) is 0 Å². The fourth-order valence-electron chi connectivity index (χ4n) is 0.714. The Hall–Kier alpha value is 0.877. The molecule has 0 fully saturated rings. The van der Waals surface area contributed by atoms with Crippen molar-refractivity contribution in [3.05, 3.63) is 35.9 Å². The molecular formula is C7H13Br3Si. The summed E-state index contributed by atoms with van der Waals surface area (Å²) >= 11 is 0. The molecule has 0 amide bonds. The molecule has 1 aromatic carbocycles. The SMILES string of the molecule is Br.Br.Br.[SiH3]Cc1ccccc1. The van der Waals surface area contributed by atoms with E-state index in [1.165, 1.54) is 21.9 Å². The molecule has 0 spiro atoms. The number of halogens is 3. The standard InChI is InChI=1S/C7H10Si.3BrH/c8-6-7-4-2-1-3-5-7;;;/h1-5H,6H2,8H3;3*1H. The fraction of sp³-hybridized carbons (Fsp3) is 0.143. The Kier molecular flexibility index (Phi) is 17.6. The molecule has 11 heavy (non-hydrogen) atoms. The lowest BCUT2D eigenvalue weighted by molar-refractivity contribution is 1.40. The van der Waals surface area contributed by atoms with Gasteiger partial charge >= 0.3 is 0 Å². The normalized spacial score (nSPS) is 6.91. The van der Waals surface area contributed by atoms with Crippen molar-refractivity contribution in [3.63, 3.8) is 0 Å². The molecule has 0 saturated carbocycles. The number of rotatable bonds is 1. The summed E-state index contributed by atoms with van der Waals surface area (Å²) in [5.41, 5.74) is 1.47. The van der Waals surface area contributed by atoms with Crippen LogP contribution in [0.1, 0.15) is 5.56 Å². The summed E-state index contributed by atoms with van der Waals surface area (Å²) in [7, 11) is 1.28. The molecule has 1 aromatic rings. The van der Waals surface area contributed by atoms with Gasteiger partial charge in [0.2, 0.25) is 0 Å². The quantitative estimate of drug-likeness (QED) is 0.671. The summed E-state index contributed by atoms with van der Waals surface area (Å²) in [6, 6.07) is 11.9. The Morgan fingerprint density at radius 1 is 0.909 bits per heavy atom. The van der Waals surface area contributed by atoms with Crippen LogP contribution >= 0.6 is 50.9 Å². The number of hydrogen-bond donors (Lipinski definition) is 0. The Morgan fingerprint density at radius 2 is 1.36 bits per heavy atom. The molecule has 0 atom stereocenters. The molecule has 0 aliphatic carbocycles. The van der Waals surface area contributed by atoms with Crippen LogP contribution in [0.15, 0.2) is 30.3 Å². The second-order valence-electron chi connectivity index (χ2n) is 1.84. The van der Waals surface area contributed by atoms with Crippen molar-refractivity contribution in [1.82, 2.24) is 0 Å². The first kappa shape index (κ1) is 17.8. The molecular weight excluding hydrogens is 352 g/mol. The van der Waals surface area contributed by atoms with Crippen molar-refractivity contribution in [3.8, 4) is 0 Å². The third kappa shape index (κ3) is 7.24. The zero-order valence-electron chi connectivity index (χ0n) is 6.32. The smallest absolute Gasteiger partial charge is 0.00833 e. The lowest BCUT2D eigenvalue weighted by Crippen LogP contribution is -1.78. The van der Waals surface area contributed by atoms with E-state index in [-0.39, 0.29) is 50.9 Å². The van der Waals surface area contributed by atoms with E-state index in [1.807, 2.05) is 0 Å². The van der Waals surface area contributed by atoms with Gasteiger partial charge in [-0.15, -0.1) is 50.9 Å². The van der Waals surface area contributed by atoms with Gasteiger partial charge in [0, 0.05) is 10.2 Å². The predicted molar refractivity (Wildman–Crippen MR) is 71.1 cm³/mol. The first-order valence-electron chi connectivity index (χ1n) is 2.97. The van der Waals surface area contributed by atoms with E-state index in [9.17, 15) is 0 Å². The molecule has 0 aliphatic heterocycles. The van der Waals surface area contributed by atoms with E-state index >= 15 is 0 Å². The molecule has 0 aliphatic rings. The van der Waals surface area contributed by atoms with Crippen molar-refractivity contribution < 1.29 is 0 Å². The molecule has 4 heteroatoms. The maximum atomic E-state index is 2.17. The largest absolute Gasteiger partial charge is 0.114 e. The Morgan fingerprint density at radius 3 is 1.64 bits per heavy atom. The summed E-state index contributed by atoms with van der Waals surface area (Å²) in [6.07, 6.45) is 0. The zero-order chi connectivity index (χ0) is 5.82. The second-order valence-corrected chi connectivity index (χ2v) is 2.55. The Labute approximate surface area is 103 Å². The summed E-state index contributed by atoms with van der Waals surface area (Å²) in [5, 5.41) is 0. The van der Waals surface area contributed by atoms with Crippen LogP contribution < -0.4 is 0 Å². The van der Waals surface area contributed by atoms with Crippen molar-refractivity contribution in [2.45, 2.75) is 6.04 Å². The van der Waals surface area contributed by atoms with E-state index in [4.69, 9.17) is 0 Å². The van der Waals surface area contributed by atoms with Gasteiger partial charge in [0.05, 0.1) is 0 Å². The highest BCUT2D eigenvalue weighted by Gasteiger charge is 1.80. The van der Waals surface area contributed by atoms with Crippen molar-refractivity contribution in [2.75, 3.05) is 0 Å². The molecule has 0 saturated heterocycles. The topological polar surface area (TPSA) is 0 Å². The lowest BCUT2D eigenvalue weighted by Gasteiger charge is -1.89. The first-order valence-corrected chi connectivity index (χ1v) is 4.39. The van der Waals surface area contributed by atoms with Gasteiger partial charge in [-0.3, -0.25) is 0 Å². The third-order valence-electron chi connectivity index (χ3n) is 1.25. The van der Waals surface area contributed by atoms with Gasteiger partial charge in [-0.05, 0) is 6.04 Å². The monoisotopic (exact) mass is 362 g/mol. The van der Waals surface area contributed by atoms with E-state index in [2.05, 4.69) is 30.3 Å². The molecule has 0 radical (unpaired) electrons. The van der Waals surface area contributed by atoms with Crippen molar-refractivity contribution in [2.24, 2.45) is 0 Å². The van der Waals surface area contributed by atoms with Crippen LogP contribution in [-0.2, 0) is 6.04 Å². The van der Waals surface area contributed by atoms with Crippen LogP contribution in [-0.4, -0.2) is 10.2 Å². The molecule has 1 rings (SSSR count). The van der Waals surface area contributed by atoms with E-state index < -0.39 is 0 Å². The molecule has 66 valence electrons. The fourth-order valence-corrected chi connectivity index (χ4v) is 1.19. The van der Waals surface area contributed by atoms with Crippen LogP contribution in [0.5, 0.6) is 0 Å². The van der Waals surface area contributed by atoms with Crippen LogP contribution in [0.4, 0.5) is 0 Å². The van der Waals surface area contributed by atoms with Crippen LogP contribution in [0, 0.1) is 0 Å². The molecule has 0 unspecified atom stereocenters. The van der Waals surface area contributed by atoms with Crippen LogP contribution in [0.3, 0.4) is 0 Å². The van der Waals surface area contributed by atoms with Crippen LogP contribution in [0.25, 0.3) is 0 Å². The Bertz CT molecular complexity index is 155. The number of hydrogen-bond acceptors (Lipinski definition) is 0. The van der Waals surface area contributed by atoms with E-state index in [0.29, 0.717) is 0 Å². The summed E-state index contributed by atoms with van der Waals surface area (Å²) in [4.78, 5) is 0. The van der Waals surface area contributed by atoms with Gasteiger partial charge < -0.3 is 0 Å². The average molecular weight is 365 g/mol. The molecule has 0 nitrogen and oxygen atoms in total. The minimum atomic E-state index is 0. The van der Waals surface area contributed by atoms with Gasteiger partial charge in [-0.2, -0.15) is 0 Å². The molecule has 0 aromatic heterocycles. The maximum Gasteiger partial charge on any atom is 0.00833 e. The van der Waals surface area contributed by atoms with Crippen LogP contribution in [0.2, 0.25) is 0 Å². The predicted octanol–water partition coefficient (Wildman–Crippen LogP) is 2.29. The minimum absolute atomic E-state index is 0. The third-order valence-corrected chi connectivity index (χ3v) is 2.07. The zero-order valence-corrected chi connectivity index (χ0v) is 13.5. The average Bonchev–Trinajstić information content (AvgIpc) is 1.90. The number of benzene rings is 1. The Balaban J connectivity index is -0.000000213. The summed E-state index contributed by atoms with van der Waals surface area (Å²) in [5.74, 6) is 0. The highest BCUT2D eigenvalue weighted by Crippen LogP contribution is 1.95.